The fourth-order valence-corrected chi connectivity index (χ4v) is 2.33. The van der Waals surface area contributed by atoms with Gasteiger partial charge in [0.05, 0.1) is 21.4 Å². The molecule has 1 amide bonds. The number of aryl methyl sites for hydroxylation is 2. The normalized spacial score (nSPS) is 12.2. The van der Waals surface area contributed by atoms with Crippen molar-refractivity contribution in [3.05, 3.63) is 41.4 Å². The fraction of sp³-hybridized carbons (Fsp3) is 0.231. The summed E-state index contributed by atoms with van der Waals surface area (Å²) >= 11 is 0. The molecule has 1 aromatic heterocycles. The van der Waals surface area contributed by atoms with Gasteiger partial charge in [-0.1, -0.05) is 0 Å². The van der Waals surface area contributed by atoms with Gasteiger partial charge in [0, 0.05) is 18.9 Å². The van der Waals surface area contributed by atoms with Crippen LogP contribution in [0.3, 0.4) is 0 Å². The zero-order chi connectivity index (χ0) is 14.9. The van der Waals surface area contributed by atoms with Crippen molar-refractivity contribution in [1.29, 1.82) is 0 Å². The standard InChI is InChI=1S/C13H13FN2O3S/c1-7-12(19-8(2)15-7)13(17)16-9-4-5-11(20(3)18)10(14)6-9/h4-6H,1-3H3,(H,16,17)/t20-/m0/s1. The summed E-state index contributed by atoms with van der Waals surface area (Å²) in [6.45, 7) is 3.28. The van der Waals surface area contributed by atoms with Crippen LogP contribution in [0.25, 0.3) is 0 Å². The van der Waals surface area contributed by atoms with Gasteiger partial charge in [0.1, 0.15) is 5.82 Å². The SMILES string of the molecule is Cc1nc(C)c(C(=O)Nc2ccc([S@](C)=O)c(F)c2)o1. The lowest BCUT2D eigenvalue weighted by molar-refractivity contribution is 0.0994. The Morgan fingerprint density at radius 3 is 2.60 bits per heavy atom. The molecule has 1 heterocycles. The van der Waals surface area contributed by atoms with Crippen LogP contribution < -0.4 is 5.32 Å². The van der Waals surface area contributed by atoms with E-state index in [2.05, 4.69) is 10.3 Å². The van der Waals surface area contributed by atoms with E-state index in [-0.39, 0.29) is 16.3 Å². The molecule has 0 aliphatic rings. The Hall–Kier alpha value is -2.02. The molecule has 1 N–H and O–H groups in total. The number of nitrogens with zero attached hydrogens (tertiary/aromatic N) is 1. The monoisotopic (exact) mass is 296 g/mol. The van der Waals surface area contributed by atoms with E-state index in [1.165, 1.54) is 18.4 Å². The first-order valence-electron chi connectivity index (χ1n) is 5.77. The Morgan fingerprint density at radius 1 is 1.40 bits per heavy atom. The van der Waals surface area contributed by atoms with E-state index in [0.717, 1.165) is 6.07 Å². The van der Waals surface area contributed by atoms with E-state index in [1.807, 2.05) is 0 Å². The third kappa shape index (κ3) is 2.93. The predicted molar refractivity (Wildman–Crippen MR) is 72.7 cm³/mol. The number of hydrogen-bond donors (Lipinski definition) is 1. The summed E-state index contributed by atoms with van der Waals surface area (Å²) < 4.78 is 30.1. The van der Waals surface area contributed by atoms with Crippen molar-refractivity contribution in [1.82, 2.24) is 4.98 Å². The van der Waals surface area contributed by atoms with E-state index < -0.39 is 22.5 Å². The van der Waals surface area contributed by atoms with Gasteiger partial charge in [-0.15, -0.1) is 0 Å². The molecule has 5 nitrogen and oxygen atoms in total. The molecule has 0 saturated carbocycles. The second-order valence-electron chi connectivity index (χ2n) is 4.20. The Morgan fingerprint density at radius 2 is 2.10 bits per heavy atom. The first kappa shape index (κ1) is 14.4. The van der Waals surface area contributed by atoms with E-state index in [0.29, 0.717) is 11.6 Å². The molecule has 0 radical (unpaired) electrons. The highest BCUT2D eigenvalue weighted by molar-refractivity contribution is 7.84. The number of anilines is 1. The largest absolute Gasteiger partial charge is 0.436 e. The number of carbonyl (C=O) groups is 1. The summed E-state index contributed by atoms with van der Waals surface area (Å²) in [6.07, 6.45) is 1.39. The Labute approximate surface area is 117 Å². The van der Waals surface area contributed by atoms with Gasteiger partial charge in [0.25, 0.3) is 5.91 Å². The highest BCUT2D eigenvalue weighted by Gasteiger charge is 2.16. The van der Waals surface area contributed by atoms with Crippen molar-refractivity contribution in [2.24, 2.45) is 0 Å². The maximum Gasteiger partial charge on any atom is 0.293 e. The first-order chi connectivity index (χ1) is 9.38. The van der Waals surface area contributed by atoms with Gasteiger partial charge in [-0.3, -0.25) is 9.00 Å². The second kappa shape index (κ2) is 5.54. The van der Waals surface area contributed by atoms with Crippen LogP contribution in [-0.4, -0.2) is 21.4 Å². The molecule has 0 aliphatic carbocycles. The number of nitrogens with one attached hydrogen (secondary N) is 1. The fourth-order valence-electron chi connectivity index (χ4n) is 1.74. The molecular weight excluding hydrogens is 283 g/mol. The zero-order valence-electron chi connectivity index (χ0n) is 11.2. The number of halogens is 1. The molecule has 0 unspecified atom stereocenters. The van der Waals surface area contributed by atoms with Gasteiger partial charge < -0.3 is 9.73 Å². The van der Waals surface area contributed by atoms with E-state index >= 15 is 0 Å². The van der Waals surface area contributed by atoms with Gasteiger partial charge in [-0.05, 0) is 25.1 Å². The third-order valence-corrected chi connectivity index (χ3v) is 3.56. The van der Waals surface area contributed by atoms with Crippen LogP contribution in [0.2, 0.25) is 0 Å². The topological polar surface area (TPSA) is 72.2 Å². The lowest BCUT2D eigenvalue weighted by Crippen LogP contribution is -2.12. The minimum Gasteiger partial charge on any atom is -0.436 e. The molecule has 0 spiro atoms. The number of rotatable bonds is 3. The summed E-state index contributed by atoms with van der Waals surface area (Å²) in [5.41, 5.74) is 0.724. The smallest absolute Gasteiger partial charge is 0.293 e. The van der Waals surface area contributed by atoms with Gasteiger partial charge in [-0.25, -0.2) is 9.37 Å². The minimum absolute atomic E-state index is 0.0889. The summed E-state index contributed by atoms with van der Waals surface area (Å²) in [5.74, 6) is -0.663. The molecule has 1 aromatic carbocycles. The molecule has 2 rings (SSSR count). The highest BCUT2D eigenvalue weighted by atomic mass is 32.2. The summed E-state index contributed by atoms with van der Waals surface area (Å²) in [7, 11) is -1.41. The van der Waals surface area contributed by atoms with Gasteiger partial charge in [0.2, 0.25) is 5.76 Å². The molecule has 2 aromatic rings. The number of oxazole rings is 1. The molecule has 106 valence electrons. The summed E-state index contributed by atoms with van der Waals surface area (Å²) in [4.78, 5) is 16.0. The maximum atomic E-state index is 13.7. The quantitative estimate of drug-likeness (QED) is 0.944. The van der Waals surface area contributed by atoms with Crippen molar-refractivity contribution in [3.8, 4) is 0 Å². The molecule has 0 fully saturated rings. The van der Waals surface area contributed by atoms with Crippen LogP contribution in [-0.2, 0) is 10.8 Å². The molecule has 0 bridgehead atoms. The maximum absolute atomic E-state index is 13.7. The molecule has 0 saturated heterocycles. The predicted octanol–water partition coefficient (Wildman–Crippen LogP) is 2.42. The number of hydrogen-bond acceptors (Lipinski definition) is 4. The lowest BCUT2D eigenvalue weighted by atomic mass is 10.3. The molecule has 7 heteroatoms. The number of benzene rings is 1. The van der Waals surface area contributed by atoms with Crippen molar-refractivity contribution < 1.29 is 17.8 Å². The zero-order valence-corrected chi connectivity index (χ0v) is 12.0. The minimum atomic E-state index is -1.41. The third-order valence-electron chi connectivity index (χ3n) is 2.61. The van der Waals surface area contributed by atoms with Crippen LogP contribution in [0, 0.1) is 19.7 Å². The van der Waals surface area contributed by atoms with Crippen molar-refractivity contribution in [2.75, 3.05) is 11.6 Å². The Kier molecular flexibility index (Phi) is 3.99. The van der Waals surface area contributed by atoms with Crippen LogP contribution in [0.5, 0.6) is 0 Å². The number of amides is 1. The number of aromatic nitrogens is 1. The average molecular weight is 296 g/mol. The van der Waals surface area contributed by atoms with E-state index in [1.54, 1.807) is 13.8 Å². The van der Waals surface area contributed by atoms with Crippen LogP contribution in [0.15, 0.2) is 27.5 Å². The van der Waals surface area contributed by atoms with Gasteiger partial charge in [-0.2, -0.15) is 0 Å². The average Bonchev–Trinajstić information content (AvgIpc) is 2.68. The Bertz CT molecular complexity index is 697. The van der Waals surface area contributed by atoms with Gasteiger partial charge in [0.15, 0.2) is 5.89 Å². The van der Waals surface area contributed by atoms with E-state index in [9.17, 15) is 13.4 Å². The van der Waals surface area contributed by atoms with Crippen molar-refractivity contribution in [3.63, 3.8) is 0 Å². The molecule has 1 atom stereocenters. The molecular formula is C13H13FN2O3S. The van der Waals surface area contributed by atoms with E-state index in [4.69, 9.17) is 4.42 Å². The molecule has 20 heavy (non-hydrogen) atoms. The lowest BCUT2D eigenvalue weighted by Gasteiger charge is -2.05. The van der Waals surface area contributed by atoms with Crippen molar-refractivity contribution >= 4 is 22.4 Å². The second-order valence-corrected chi connectivity index (χ2v) is 5.55. The Balaban J connectivity index is 2.22. The highest BCUT2D eigenvalue weighted by Crippen LogP contribution is 2.18. The summed E-state index contributed by atoms with van der Waals surface area (Å²) in [6, 6.07) is 3.98. The first-order valence-corrected chi connectivity index (χ1v) is 7.32. The van der Waals surface area contributed by atoms with Crippen LogP contribution >= 0.6 is 0 Å². The van der Waals surface area contributed by atoms with Crippen LogP contribution in [0.4, 0.5) is 10.1 Å². The molecule has 0 aliphatic heterocycles. The summed E-state index contributed by atoms with van der Waals surface area (Å²) in [5, 5.41) is 2.51. The van der Waals surface area contributed by atoms with Gasteiger partial charge >= 0.3 is 0 Å². The van der Waals surface area contributed by atoms with Crippen LogP contribution in [0.1, 0.15) is 22.1 Å². The van der Waals surface area contributed by atoms with Crippen molar-refractivity contribution in [2.45, 2.75) is 18.7 Å². The number of carbonyl (C=O) groups excluding carboxylic acids is 1.